The fourth-order valence-corrected chi connectivity index (χ4v) is 1.91. The highest BCUT2D eigenvalue weighted by Crippen LogP contribution is 2.18. The van der Waals surface area contributed by atoms with Gasteiger partial charge in [0.15, 0.2) is 0 Å². The molecule has 21 heavy (non-hydrogen) atoms. The lowest BCUT2D eigenvalue weighted by Gasteiger charge is -2.18. The first kappa shape index (κ1) is 14.7. The molecule has 0 aliphatic heterocycles. The summed E-state index contributed by atoms with van der Waals surface area (Å²) in [5.74, 6) is 1.02. The van der Waals surface area contributed by atoms with Gasteiger partial charge < -0.3 is 14.6 Å². The minimum atomic E-state index is 0.0227. The first-order valence-electron chi connectivity index (χ1n) is 6.62. The molecule has 1 aromatic carbocycles. The summed E-state index contributed by atoms with van der Waals surface area (Å²) in [6.07, 6.45) is 0. The third-order valence-corrected chi connectivity index (χ3v) is 3.19. The van der Waals surface area contributed by atoms with Crippen LogP contribution in [-0.4, -0.2) is 17.9 Å². The van der Waals surface area contributed by atoms with E-state index >= 15 is 0 Å². The van der Waals surface area contributed by atoms with Crippen molar-refractivity contribution in [1.82, 2.24) is 4.90 Å². The molecule has 108 valence electrons. The van der Waals surface area contributed by atoms with Crippen molar-refractivity contribution in [1.29, 1.82) is 5.26 Å². The number of nitriles is 1. The lowest BCUT2D eigenvalue weighted by Crippen LogP contribution is -2.23. The van der Waals surface area contributed by atoms with Crippen LogP contribution in [0, 0.1) is 11.3 Å². The zero-order chi connectivity index (χ0) is 15.2. The van der Waals surface area contributed by atoms with Gasteiger partial charge in [0.05, 0.1) is 6.54 Å². The number of furan rings is 1. The van der Waals surface area contributed by atoms with E-state index in [0.29, 0.717) is 24.6 Å². The quantitative estimate of drug-likeness (QED) is 0.916. The fraction of sp³-hybridized carbons (Fsp3) is 0.250. The van der Waals surface area contributed by atoms with E-state index in [9.17, 15) is 4.79 Å². The van der Waals surface area contributed by atoms with Gasteiger partial charge in [-0.2, -0.15) is 5.26 Å². The maximum absolute atomic E-state index is 11.3. The maximum Gasteiger partial charge on any atom is 0.219 e. The molecule has 5 nitrogen and oxygen atoms in total. The molecule has 0 radical (unpaired) electrons. The second-order valence-electron chi connectivity index (χ2n) is 4.76. The minimum absolute atomic E-state index is 0.0227. The first-order chi connectivity index (χ1) is 10.1. The summed E-state index contributed by atoms with van der Waals surface area (Å²) in [5.41, 5.74) is 1.97. The van der Waals surface area contributed by atoms with E-state index in [0.717, 1.165) is 11.3 Å². The van der Waals surface area contributed by atoms with Gasteiger partial charge in [0.2, 0.25) is 11.7 Å². The normalized spacial score (nSPS) is 9.95. The number of amides is 1. The Labute approximate surface area is 123 Å². The number of para-hydroxylation sites is 1. The highest BCUT2D eigenvalue weighted by Gasteiger charge is 2.08. The Morgan fingerprint density at radius 1 is 1.33 bits per heavy atom. The van der Waals surface area contributed by atoms with E-state index in [1.165, 1.54) is 0 Å². The van der Waals surface area contributed by atoms with Gasteiger partial charge in [-0.05, 0) is 23.8 Å². The molecule has 0 aliphatic carbocycles. The largest absolute Gasteiger partial charge is 0.449 e. The lowest BCUT2D eigenvalue weighted by atomic mass is 10.1. The molecule has 0 unspecified atom stereocenters. The third-order valence-electron chi connectivity index (χ3n) is 3.19. The third kappa shape index (κ3) is 3.86. The second-order valence-corrected chi connectivity index (χ2v) is 4.76. The van der Waals surface area contributed by atoms with Gasteiger partial charge in [-0.15, -0.1) is 0 Å². The molecule has 2 rings (SSSR count). The van der Waals surface area contributed by atoms with Crippen LogP contribution in [0.2, 0.25) is 0 Å². The van der Waals surface area contributed by atoms with Crippen LogP contribution in [0.3, 0.4) is 0 Å². The fourth-order valence-electron chi connectivity index (χ4n) is 1.91. The molecule has 0 saturated carbocycles. The zero-order valence-electron chi connectivity index (χ0n) is 12.1. The summed E-state index contributed by atoms with van der Waals surface area (Å²) in [5, 5.41) is 12.0. The molecule has 0 bridgehead atoms. The van der Waals surface area contributed by atoms with Crippen molar-refractivity contribution >= 4 is 11.6 Å². The lowest BCUT2D eigenvalue weighted by molar-refractivity contribution is -0.128. The molecule has 1 amide bonds. The number of hydrogen-bond donors (Lipinski definition) is 1. The van der Waals surface area contributed by atoms with Crippen LogP contribution >= 0.6 is 0 Å². The molecule has 0 saturated heterocycles. The van der Waals surface area contributed by atoms with Crippen LogP contribution in [-0.2, 0) is 17.9 Å². The Morgan fingerprint density at radius 2 is 2.10 bits per heavy atom. The predicted octanol–water partition coefficient (Wildman–Crippen LogP) is 2.74. The molecule has 0 atom stereocenters. The van der Waals surface area contributed by atoms with Gasteiger partial charge in [0, 0.05) is 26.2 Å². The summed E-state index contributed by atoms with van der Waals surface area (Å²) in [6, 6.07) is 13.2. The molecule has 0 aliphatic rings. The number of nitrogens with one attached hydrogen (secondary N) is 1. The molecule has 5 heteroatoms. The van der Waals surface area contributed by atoms with Crippen molar-refractivity contribution in [3.63, 3.8) is 0 Å². The topological polar surface area (TPSA) is 69.3 Å². The molecule has 1 heterocycles. The Bertz CT molecular complexity index is 670. The molecule has 0 fully saturated rings. The van der Waals surface area contributed by atoms with Crippen LogP contribution in [0.25, 0.3) is 0 Å². The summed E-state index contributed by atoms with van der Waals surface area (Å²) in [6.45, 7) is 2.57. The Morgan fingerprint density at radius 3 is 2.76 bits per heavy atom. The van der Waals surface area contributed by atoms with Gasteiger partial charge in [-0.1, -0.05) is 18.2 Å². The monoisotopic (exact) mass is 283 g/mol. The predicted molar refractivity (Wildman–Crippen MR) is 79.3 cm³/mol. The molecule has 0 spiro atoms. The number of anilines is 1. The second kappa shape index (κ2) is 6.62. The van der Waals surface area contributed by atoms with Crippen molar-refractivity contribution in [3.8, 4) is 6.07 Å². The van der Waals surface area contributed by atoms with E-state index in [4.69, 9.17) is 9.68 Å². The van der Waals surface area contributed by atoms with E-state index in [-0.39, 0.29) is 5.91 Å². The van der Waals surface area contributed by atoms with Gasteiger partial charge in [0.25, 0.3) is 0 Å². The number of carbonyl (C=O) groups excluding carboxylic acids is 1. The van der Waals surface area contributed by atoms with Crippen LogP contribution in [0.1, 0.15) is 24.0 Å². The van der Waals surface area contributed by atoms with E-state index in [1.807, 2.05) is 30.3 Å². The Balaban J connectivity index is 2.06. The van der Waals surface area contributed by atoms with Crippen molar-refractivity contribution in [2.45, 2.75) is 20.0 Å². The van der Waals surface area contributed by atoms with Crippen LogP contribution in [0.5, 0.6) is 0 Å². The van der Waals surface area contributed by atoms with Gasteiger partial charge in [-0.25, -0.2) is 0 Å². The molecular weight excluding hydrogens is 266 g/mol. The van der Waals surface area contributed by atoms with Gasteiger partial charge in [0.1, 0.15) is 11.8 Å². The van der Waals surface area contributed by atoms with Crippen LogP contribution < -0.4 is 5.32 Å². The summed E-state index contributed by atoms with van der Waals surface area (Å²) >= 11 is 0. The highest BCUT2D eigenvalue weighted by molar-refractivity contribution is 5.73. The van der Waals surface area contributed by atoms with E-state index in [2.05, 4.69) is 5.32 Å². The minimum Gasteiger partial charge on any atom is -0.449 e. The standard InChI is InChI=1S/C16H17N3O2/c1-12(20)19(2)11-13-5-3-4-6-16(13)18-10-15-8-7-14(9-17)21-15/h3-8,18H,10-11H2,1-2H3. The van der Waals surface area contributed by atoms with Crippen molar-refractivity contribution in [3.05, 3.63) is 53.5 Å². The number of carbonyl (C=O) groups is 1. The number of benzene rings is 1. The smallest absolute Gasteiger partial charge is 0.219 e. The molecule has 1 N–H and O–H groups in total. The SMILES string of the molecule is CC(=O)N(C)Cc1ccccc1NCc1ccc(C#N)o1. The first-order valence-corrected chi connectivity index (χ1v) is 6.62. The summed E-state index contributed by atoms with van der Waals surface area (Å²) in [4.78, 5) is 13.0. The average molecular weight is 283 g/mol. The van der Waals surface area contributed by atoms with Crippen LogP contribution in [0.4, 0.5) is 5.69 Å². The highest BCUT2D eigenvalue weighted by atomic mass is 16.3. The average Bonchev–Trinajstić information content (AvgIpc) is 2.94. The van der Waals surface area contributed by atoms with E-state index < -0.39 is 0 Å². The van der Waals surface area contributed by atoms with E-state index in [1.54, 1.807) is 31.0 Å². The van der Waals surface area contributed by atoms with Crippen molar-refractivity contribution in [2.24, 2.45) is 0 Å². The summed E-state index contributed by atoms with van der Waals surface area (Å²) < 4.78 is 5.33. The van der Waals surface area contributed by atoms with Gasteiger partial charge in [-0.3, -0.25) is 4.79 Å². The summed E-state index contributed by atoms with van der Waals surface area (Å²) in [7, 11) is 1.77. The molecule has 2 aromatic rings. The van der Waals surface area contributed by atoms with Gasteiger partial charge >= 0.3 is 0 Å². The van der Waals surface area contributed by atoms with Crippen LogP contribution in [0.15, 0.2) is 40.8 Å². The zero-order valence-corrected chi connectivity index (χ0v) is 12.1. The number of nitrogens with zero attached hydrogens (tertiary/aromatic N) is 2. The Hall–Kier alpha value is -2.74. The maximum atomic E-state index is 11.3. The van der Waals surface area contributed by atoms with Crippen molar-refractivity contribution in [2.75, 3.05) is 12.4 Å². The molecule has 1 aromatic heterocycles. The number of hydrogen-bond acceptors (Lipinski definition) is 4. The van der Waals surface area contributed by atoms with Crippen molar-refractivity contribution < 1.29 is 9.21 Å². The Kier molecular flexibility index (Phi) is 4.62. The molecular formula is C16H17N3O2. The number of rotatable bonds is 5.